The lowest BCUT2D eigenvalue weighted by Gasteiger charge is -2.05. The summed E-state index contributed by atoms with van der Waals surface area (Å²) in [6, 6.07) is 17.0. The molecule has 4 nitrogen and oxygen atoms in total. The zero-order chi connectivity index (χ0) is 16.5. The SMILES string of the molecule is O=c1cc(Sc2c(-c3ccccc3)nc3ccccn23)cc(F)o1. The van der Waals surface area contributed by atoms with E-state index >= 15 is 0 Å². The van der Waals surface area contributed by atoms with E-state index in [9.17, 15) is 9.18 Å². The lowest BCUT2D eigenvalue weighted by atomic mass is 10.2. The Morgan fingerprint density at radius 3 is 2.62 bits per heavy atom. The highest BCUT2D eigenvalue weighted by Gasteiger charge is 2.16. The van der Waals surface area contributed by atoms with Crippen molar-refractivity contribution >= 4 is 17.4 Å². The Kier molecular flexibility index (Phi) is 3.66. The van der Waals surface area contributed by atoms with Gasteiger partial charge in [0, 0.05) is 28.8 Å². The predicted octanol–water partition coefficient (Wildman–Crippen LogP) is 4.24. The number of hydrogen-bond acceptors (Lipinski definition) is 4. The number of benzene rings is 1. The number of halogens is 1. The van der Waals surface area contributed by atoms with Crippen molar-refractivity contribution in [2.75, 3.05) is 0 Å². The van der Waals surface area contributed by atoms with Gasteiger partial charge in [-0.1, -0.05) is 48.2 Å². The summed E-state index contributed by atoms with van der Waals surface area (Å²) in [7, 11) is 0. The van der Waals surface area contributed by atoms with Crippen molar-refractivity contribution in [3.8, 4) is 11.3 Å². The molecule has 0 fully saturated rings. The summed E-state index contributed by atoms with van der Waals surface area (Å²) in [6.07, 6.45) is 1.89. The third-order valence-electron chi connectivity index (χ3n) is 3.46. The van der Waals surface area contributed by atoms with Gasteiger partial charge in [-0.2, -0.15) is 4.39 Å². The molecule has 0 aliphatic carbocycles. The largest absolute Gasteiger partial charge is 0.395 e. The average molecular weight is 338 g/mol. The zero-order valence-electron chi connectivity index (χ0n) is 12.3. The molecule has 0 radical (unpaired) electrons. The summed E-state index contributed by atoms with van der Waals surface area (Å²) in [5, 5.41) is 0.807. The van der Waals surface area contributed by atoms with Gasteiger partial charge in [0.2, 0.25) is 0 Å². The molecule has 0 aliphatic heterocycles. The van der Waals surface area contributed by atoms with Crippen LogP contribution in [0, 0.1) is 6.01 Å². The van der Waals surface area contributed by atoms with Crippen LogP contribution in [0.4, 0.5) is 4.39 Å². The highest BCUT2D eigenvalue weighted by atomic mass is 32.2. The molecular weight excluding hydrogens is 327 g/mol. The molecule has 0 amide bonds. The van der Waals surface area contributed by atoms with Crippen molar-refractivity contribution < 1.29 is 8.81 Å². The number of imidazole rings is 1. The molecule has 24 heavy (non-hydrogen) atoms. The average Bonchev–Trinajstić information content (AvgIpc) is 2.94. The second-order valence-corrected chi connectivity index (χ2v) is 6.14. The Morgan fingerprint density at radius 1 is 1.04 bits per heavy atom. The van der Waals surface area contributed by atoms with E-state index in [1.807, 2.05) is 59.1 Å². The molecule has 0 aliphatic rings. The highest BCUT2D eigenvalue weighted by molar-refractivity contribution is 7.99. The molecule has 6 heteroatoms. The van der Waals surface area contributed by atoms with Gasteiger partial charge >= 0.3 is 5.63 Å². The minimum atomic E-state index is -0.903. The zero-order valence-corrected chi connectivity index (χ0v) is 13.2. The highest BCUT2D eigenvalue weighted by Crippen LogP contribution is 2.36. The summed E-state index contributed by atoms with van der Waals surface area (Å²) >= 11 is 1.27. The normalized spacial score (nSPS) is 11.0. The van der Waals surface area contributed by atoms with Crippen molar-refractivity contribution in [1.82, 2.24) is 9.38 Å². The van der Waals surface area contributed by atoms with Gasteiger partial charge < -0.3 is 4.42 Å². The Bertz CT molecular complexity index is 1070. The molecule has 0 unspecified atom stereocenters. The maximum atomic E-state index is 13.4. The van der Waals surface area contributed by atoms with Crippen LogP contribution in [0.2, 0.25) is 0 Å². The van der Waals surface area contributed by atoms with E-state index in [4.69, 9.17) is 0 Å². The van der Waals surface area contributed by atoms with Gasteiger partial charge in [0.15, 0.2) is 0 Å². The molecule has 0 bridgehead atoms. The van der Waals surface area contributed by atoms with Gasteiger partial charge in [0.1, 0.15) is 16.4 Å². The van der Waals surface area contributed by atoms with Crippen LogP contribution in [0.15, 0.2) is 86.0 Å². The lowest BCUT2D eigenvalue weighted by Crippen LogP contribution is -1.98. The number of fused-ring (bicyclic) bond motifs is 1. The number of pyridine rings is 1. The predicted molar refractivity (Wildman–Crippen MR) is 89.7 cm³/mol. The summed E-state index contributed by atoms with van der Waals surface area (Å²) in [4.78, 5) is 16.6. The molecule has 3 heterocycles. The Hall–Kier alpha value is -2.86. The summed E-state index contributed by atoms with van der Waals surface area (Å²) in [5.41, 5.74) is 1.79. The number of hydrogen-bond donors (Lipinski definition) is 0. The molecule has 1 aromatic carbocycles. The first kappa shape index (κ1) is 14.7. The van der Waals surface area contributed by atoms with Gasteiger partial charge in [-0.3, -0.25) is 4.40 Å². The van der Waals surface area contributed by atoms with Crippen LogP contribution >= 0.6 is 11.8 Å². The topological polar surface area (TPSA) is 47.5 Å². The molecule has 4 aromatic rings. The maximum Gasteiger partial charge on any atom is 0.339 e. The third kappa shape index (κ3) is 2.72. The van der Waals surface area contributed by atoms with Crippen molar-refractivity contribution in [3.05, 3.63) is 83.3 Å². The first-order valence-corrected chi connectivity index (χ1v) is 8.03. The molecule has 4 rings (SSSR count). The van der Waals surface area contributed by atoms with E-state index < -0.39 is 11.6 Å². The minimum absolute atomic E-state index is 0.464. The molecule has 3 aromatic heterocycles. The second kappa shape index (κ2) is 5.98. The molecular formula is C18H11FN2O2S. The molecule has 0 saturated carbocycles. The van der Waals surface area contributed by atoms with Crippen molar-refractivity contribution in [2.24, 2.45) is 0 Å². The number of nitrogens with zero attached hydrogens (tertiary/aromatic N) is 2. The van der Waals surface area contributed by atoms with Crippen LogP contribution < -0.4 is 5.63 Å². The van der Waals surface area contributed by atoms with E-state index in [-0.39, 0.29) is 0 Å². The summed E-state index contributed by atoms with van der Waals surface area (Å²) in [5.74, 6) is 0. The first-order chi connectivity index (χ1) is 11.7. The fourth-order valence-electron chi connectivity index (χ4n) is 2.45. The van der Waals surface area contributed by atoms with E-state index in [0.29, 0.717) is 4.90 Å². The lowest BCUT2D eigenvalue weighted by molar-refractivity contribution is 0.321. The molecule has 0 spiro atoms. The van der Waals surface area contributed by atoms with Crippen LogP contribution in [-0.2, 0) is 0 Å². The van der Waals surface area contributed by atoms with Gasteiger partial charge in [0.25, 0.3) is 6.01 Å². The Labute approximate surface area is 140 Å². The van der Waals surface area contributed by atoms with E-state index in [2.05, 4.69) is 9.40 Å². The van der Waals surface area contributed by atoms with Crippen molar-refractivity contribution in [1.29, 1.82) is 0 Å². The molecule has 118 valence electrons. The fraction of sp³-hybridized carbons (Fsp3) is 0. The fourth-order valence-corrected chi connectivity index (χ4v) is 3.49. The number of aromatic nitrogens is 2. The minimum Gasteiger partial charge on any atom is -0.395 e. The third-order valence-corrected chi connectivity index (χ3v) is 4.52. The van der Waals surface area contributed by atoms with E-state index in [1.165, 1.54) is 23.9 Å². The Balaban J connectivity index is 1.91. The van der Waals surface area contributed by atoms with Crippen molar-refractivity contribution in [2.45, 2.75) is 9.92 Å². The maximum absolute atomic E-state index is 13.4. The molecule has 0 N–H and O–H groups in total. The Morgan fingerprint density at radius 2 is 1.83 bits per heavy atom. The molecule has 0 saturated heterocycles. The first-order valence-electron chi connectivity index (χ1n) is 7.22. The summed E-state index contributed by atoms with van der Waals surface area (Å²) < 4.78 is 19.7. The summed E-state index contributed by atoms with van der Waals surface area (Å²) in [6.45, 7) is 0. The number of rotatable bonds is 3. The van der Waals surface area contributed by atoms with E-state index in [1.54, 1.807) is 0 Å². The van der Waals surface area contributed by atoms with Gasteiger partial charge in [-0.25, -0.2) is 9.78 Å². The van der Waals surface area contributed by atoms with Crippen LogP contribution in [-0.4, -0.2) is 9.38 Å². The molecule has 0 atom stereocenters. The standard InChI is InChI=1S/C18H11FN2O2S/c19-14-10-13(11-16(22)23-14)24-18-17(12-6-2-1-3-7-12)20-15-8-4-5-9-21(15)18/h1-11H. The monoisotopic (exact) mass is 338 g/mol. The van der Waals surface area contributed by atoms with Crippen molar-refractivity contribution in [3.63, 3.8) is 0 Å². The van der Waals surface area contributed by atoms with Gasteiger partial charge in [0.05, 0.1) is 0 Å². The van der Waals surface area contributed by atoms with Crippen LogP contribution in [0.3, 0.4) is 0 Å². The quantitative estimate of drug-likeness (QED) is 0.560. The smallest absolute Gasteiger partial charge is 0.339 e. The van der Waals surface area contributed by atoms with Gasteiger partial charge in [-0.15, -0.1) is 0 Å². The van der Waals surface area contributed by atoms with E-state index in [0.717, 1.165) is 21.9 Å². The van der Waals surface area contributed by atoms with Crippen LogP contribution in [0.25, 0.3) is 16.9 Å². The van der Waals surface area contributed by atoms with Gasteiger partial charge in [-0.05, 0) is 12.1 Å². The van der Waals surface area contributed by atoms with Crippen LogP contribution in [0.1, 0.15) is 0 Å². The van der Waals surface area contributed by atoms with Crippen LogP contribution in [0.5, 0.6) is 0 Å². The second-order valence-electron chi connectivity index (χ2n) is 5.08.